The number of aromatic nitrogens is 2. The van der Waals surface area contributed by atoms with Gasteiger partial charge < -0.3 is 10.5 Å². The number of nitrogens with zero attached hydrogens (tertiary/aromatic N) is 2. The van der Waals surface area contributed by atoms with Gasteiger partial charge in [-0.05, 0) is 12.8 Å². The molecule has 0 spiro atoms. The van der Waals surface area contributed by atoms with Crippen LogP contribution in [-0.2, 0) is 0 Å². The lowest BCUT2D eigenvalue weighted by Crippen LogP contribution is -2.24. The molecule has 2 atom stereocenters. The fourth-order valence-electron chi connectivity index (χ4n) is 2.63. The molecule has 0 radical (unpaired) electrons. The average Bonchev–Trinajstić information content (AvgIpc) is 2.69. The van der Waals surface area contributed by atoms with Gasteiger partial charge >= 0.3 is 0 Å². The van der Waals surface area contributed by atoms with Crippen molar-refractivity contribution in [1.82, 2.24) is 10.2 Å². The van der Waals surface area contributed by atoms with Gasteiger partial charge in [-0.25, -0.2) is 0 Å². The number of aromatic amines is 1. The molecule has 0 saturated heterocycles. The normalized spacial score (nSPS) is 20.0. The SMILES string of the molecule is CCC[C@H](C)[C@@H]1C(C#N)=C(N)Oc2n[nH]c(C)c21. The topological polar surface area (TPSA) is 87.7 Å². The van der Waals surface area contributed by atoms with Gasteiger partial charge in [-0.2, -0.15) is 5.26 Å². The molecule has 18 heavy (non-hydrogen) atoms. The van der Waals surface area contributed by atoms with E-state index in [-0.39, 0.29) is 11.8 Å². The van der Waals surface area contributed by atoms with Crippen molar-refractivity contribution in [1.29, 1.82) is 5.26 Å². The first-order valence-electron chi connectivity index (χ1n) is 6.22. The van der Waals surface area contributed by atoms with Gasteiger partial charge in [0.2, 0.25) is 11.8 Å². The lowest BCUT2D eigenvalue weighted by atomic mass is 9.79. The maximum Gasteiger partial charge on any atom is 0.243 e. The monoisotopic (exact) mass is 246 g/mol. The number of ether oxygens (including phenoxy) is 1. The van der Waals surface area contributed by atoms with Gasteiger partial charge in [0, 0.05) is 17.2 Å². The first-order chi connectivity index (χ1) is 8.60. The van der Waals surface area contributed by atoms with E-state index in [1.807, 2.05) is 6.92 Å². The van der Waals surface area contributed by atoms with Crippen LogP contribution in [0.4, 0.5) is 0 Å². The number of aryl methyl sites for hydroxylation is 1. The summed E-state index contributed by atoms with van der Waals surface area (Å²) in [4.78, 5) is 0. The second kappa shape index (κ2) is 4.73. The van der Waals surface area contributed by atoms with Crippen molar-refractivity contribution in [2.75, 3.05) is 0 Å². The van der Waals surface area contributed by atoms with Crippen molar-refractivity contribution in [2.24, 2.45) is 11.7 Å². The molecule has 0 aromatic carbocycles. The molecule has 5 heteroatoms. The Balaban J connectivity index is 2.51. The Hall–Kier alpha value is -1.96. The standard InChI is InChI=1S/C13H18N4O/c1-4-5-7(2)10-9(6-14)12(15)18-13-11(10)8(3)16-17-13/h7,10H,4-5,15H2,1-3H3,(H,16,17)/t7-,10+/m0/s1. The first-order valence-corrected chi connectivity index (χ1v) is 6.22. The van der Waals surface area contributed by atoms with E-state index in [9.17, 15) is 5.26 Å². The maximum absolute atomic E-state index is 9.30. The summed E-state index contributed by atoms with van der Waals surface area (Å²) in [7, 11) is 0. The van der Waals surface area contributed by atoms with Gasteiger partial charge in [-0.3, -0.25) is 5.10 Å². The third-order valence-electron chi connectivity index (χ3n) is 3.49. The summed E-state index contributed by atoms with van der Waals surface area (Å²) in [6.07, 6.45) is 2.11. The molecule has 0 unspecified atom stereocenters. The Labute approximate surface area is 107 Å². The van der Waals surface area contributed by atoms with Gasteiger partial charge in [0.15, 0.2) is 0 Å². The molecule has 2 rings (SSSR count). The fourth-order valence-corrected chi connectivity index (χ4v) is 2.63. The third kappa shape index (κ3) is 1.84. The average molecular weight is 246 g/mol. The van der Waals surface area contributed by atoms with Gasteiger partial charge in [0.25, 0.3) is 0 Å². The molecule has 5 nitrogen and oxygen atoms in total. The van der Waals surface area contributed by atoms with Crippen LogP contribution in [0.5, 0.6) is 5.88 Å². The van der Waals surface area contributed by atoms with E-state index in [1.165, 1.54) is 0 Å². The largest absolute Gasteiger partial charge is 0.420 e. The number of fused-ring (bicyclic) bond motifs is 1. The summed E-state index contributed by atoms with van der Waals surface area (Å²) in [5.74, 6) is 1.01. The third-order valence-corrected chi connectivity index (χ3v) is 3.49. The first kappa shape index (κ1) is 12.5. The Kier molecular flexibility index (Phi) is 3.28. The van der Waals surface area contributed by atoms with Gasteiger partial charge in [0.05, 0.1) is 5.57 Å². The minimum atomic E-state index is -0.0163. The number of hydrogen-bond donors (Lipinski definition) is 2. The van der Waals surface area contributed by atoms with E-state index in [4.69, 9.17) is 10.5 Å². The molecule has 0 bridgehead atoms. The van der Waals surface area contributed by atoms with Crippen LogP contribution in [0.1, 0.15) is 43.9 Å². The van der Waals surface area contributed by atoms with Crippen LogP contribution in [0.3, 0.4) is 0 Å². The molecule has 1 aromatic rings. The minimum Gasteiger partial charge on any atom is -0.420 e. The van der Waals surface area contributed by atoms with Crippen LogP contribution < -0.4 is 10.5 Å². The molecular formula is C13H18N4O. The highest BCUT2D eigenvalue weighted by Crippen LogP contribution is 2.43. The molecule has 0 saturated carbocycles. The Morgan fingerprint density at radius 2 is 2.33 bits per heavy atom. The summed E-state index contributed by atoms with van der Waals surface area (Å²) in [5.41, 5.74) is 8.26. The molecule has 0 fully saturated rings. The van der Waals surface area contributed by atoms with Gasteiger partial charge in [-0.15, -0.1) is 5.10 Å². The Morgan fingerprint density at radius 3 is 2.94 bits per heavy atom. The number of hydrogen-bond acceptors (Lipinski definition) is 4. The number of nitrogens with one attached hydrogen (secondary N) is 1. The summed E-state index contributed by atoms with van der Waals surface area (Å²) in [6.45, 7) is 6.22. The fraction of sp³-hybridized carbons (Fsp3) is 0.538. The molecular weight excluding hydrogens is 228 g/mol. The van der Waals surface area contributed by atoms with Crippen LogP contribution in [0.2, 0.25) is 0 Å². The molecule has 0 aliphatic carbocycles. The maximum atomic E-state index is 9.30. The smallest absolute Gasteiger partial charge is 0.243 e. The quantitative estimate of drug-likeness (QED) is 0.856. The summed E-state index contributed by atoms with van der Waals surface area (Å²) in [6, 6.07) is 2.19. The predicted octanol–water partition coefficient (Wildman–Crippen LogP) is 2.32. The zero-order chi connectivity index (χ0) is 13.3. The van der Waals surface area contributed by atoms with Crippen LogP contribution in [0.25, 0.3) is 0 Å². The van der Waals surface area contributed by atoms with Gasteiger partial charge in [0.1, 0.15) is 6.07 Å². The predicted molar refractivity (Wildman–Crippen MR) is 67.6 cm³/mol. The zero-order valence-electron chi connectivity index (χ0n) is 10.9. The summed E-state index contributed by atoms with van der Waals surface area (Å²) in [5, 5.41) is 16.3. The molecule has 0 amide bonds. The van der Waals surface area contributed by atoms with Crippen molar-refractivity contribution in [3.8, 4) is 11.9 Å². The lowest BCUT2D eigenvalue weighted by molar-refractivity contribution is 0.349. The molecule has 2 heterocycles. The van der Waals surface area contributed by atoms with Crippen molar-refractivity contribution in [2.45, 2.75) is 39.5 Å². The van der Waals surface area contributed by atoms with E-state index in [1.54, 1.807) is 0 Å². The Bertz CT molecular complexity index is 524. The van der Waals surface area contributed by atoms with Crippen LogP contribution in [-0.4, -0.2) is 10.2 Å². The van der Waals surface area contributed by atoms with Crippen LogP contribution >= 0.6 is 0 Å². The van der Waals surface area contributed by atoms with Crippen LogP contribution in [0.15, 0.2) is 11.5 Å². The van der Waals surface area contributed by atoms with E-state index in [2.05, 4.69) is 30.1 Å². The zero-order valence-corrected chi connectivity index (χ0v) is 10.9. The van der Waals surface area contributed by atoms with Crippen molar-refractivity contribution >= 4 is 0 Å². The second-order valence-corrected chi connectivity index (χ2v) is 4.80. The van der Waals surface area contributed by atoms with E-state index in [0.717, 1.165) is 24.1 Å². The van der Waals surface area contributed by atoms with Gasteiger partial charge in [-0.1, -0.05) is 26.7 Å². The molecule has 1 aromatic heterocycles. The molecule has 1 aliphatic heterocycles. The number of rotatable bonds is 3. The number of nitriles is 1. The van der Waals surface area contributed by atoms with E-state index in [0.29, 0.717) is 17.4 Å². The lowest BCUT2D eigenvalue weighted by Gasteiger charge is -2.27. The molecule has 1 aliphatic rings. The number of allylic oxidation sites excluding steroid dienone is 1. The Morgan fingerprint density at radius 1 is 1.61 bits per heavy atom. The molecule has 96 valence electrons. The number of nitrogens with two attached hydrogens (primary N) is 1. The van der Waals surface area contributed by atoms with Crippen LogP contribution in [0, 0.1) is 24.2 Å². The van der Waals surface area contributed by atoms with Crippen molar-refractivity contribution in [3.05, 3.63) is 22.7 Å². The molecule has 3 N–H and O–H groups in total. The number of H-pyrrole nitrogens is 1. The highest BCUT2D eigenvalue weighted by Gasteiger charge is 2.35. The van der Waals surface area contributed by atoms with E-state index >= 15 is 0 Å². The summed E-state index contributed by atoms with van der Waals surface area (Å²) >= 11 is 0. The van der Waals surface area contributed by atoms with E-state index < -0.39 is 0 Å². The highest BCUT2D eigenvalue weighted by atomic mass is 16.5. The summed E-state index contributed by atoms with van der Waals surface area (Å²) < 4.78 is 5.41. The second-order valence-electron chi connectivity index (χ2n) is 4.80. The van der Waals surface area contributed by atoms with Crippen molar-refractivity contribution < 1.29 is 4.74 Å². The highest BCUT2D eigenvalue weighted by molar-refractivity contribution is 5.49. The minimum absolute atomic E-state index is 0.0163. The van der Waals surface area contributed by atoms with Crippen molar-refractivity contribution in [3.63, 3.8) is 0 Å².